The summed E-state index contributed by atoms with van der Waals surface area (Å²) in [5.41, 5.74) is 5.45. The molecular weight excluding hydrogens is 233 g/mol. The summed E-state index contributed by atoms with van der Waals surface area (Å²) in [6, 6.07) is 0. The van der Waals surface area contributed by atoms with E-state index in [0.717, 1.165) is 0 Å². The lowest BCUT2D eigenvalue weighted by Gasteiger charge is -1.93. The van der Waals surface area contributed by atoms with Gasteiger partial charge < -0.3 is 5.73 Å². The van der Waals surface area contributed by atoms with Gasteiger partial charge in [0.2, 0.25) is 11.6 Å². The van der Waals surface area contributed by atoms with Crippen molar-refractivity contribution in [3.63, 3.8) is 0 Å². The Morgan fingerprint density at radius 2 is 2.56 bits per heavy atom. The first-order valence-corrected chi connectivity index (χ1v) is 3.79. The SMILES string of the molecule is N=c1nc(N)n(CI)[nH]1. The largest absolute Gasteiger partial charge is 0.368 e. The Balaban J connectivity index is 3.16. The smallest absolute Gasteiger partial charge is 0.237 e. The van der Waals surface area contributed by atoms with Crippen LogP contribution in [-0.2, 0) is 4.55 Å². The second-order valence-corrected chi connectivity index (χ2v) is 2.16. The number of hydrogen-bond donors (Lipinski definition) is 3. The number of alkyl halides is 1. The predicted molar refractivity (Wildman–Crippen MR) is 40.9 cm³/mol. The summed E-state index contributed by atoms with van der Waals surface area (Å²) in [7, 11) is 0. The molecule has 0 aliphatic carbocycles. The van der Waals surface area contributed by atoms with Gasteiger partial charge in [-0.1, -0.05) is 22.6 Å². The topological polar surface area (TPSA) is 83.5 Å². The van der Waals surface area contributed by atoms with E-state index < -0.39 is 0 Å². The first-order valence-electron chi connectivity index (χ1n) is 2.27. The third kappa shape index (κ3) is 1.23. The van der Waals surface area contributed by atoms with E-state index in [1.165, 1.54) is 0 Å². The van der Waals surface area contributed by atoms with Crippen LogP contribution in [0.15, 0.2) is 0 Å². The first-order chi connectivity index (χ1) is 4.24. The number of nitrogen functional groups attached to an aromatic ring is 1. The first kappa shape index (κ1) is 6.59. The molecule has 0 atom stereocenters. The van der Waals surface area contributed by atoms with Gasteiger partial charge in [0.1, 0.15) is 0 Å². The van der Waals surface area contributed by atoms with Gasteiger partial charge in [-0.15, -0.1) is 0 Å². The number of hydrogen-bond acceptors (Lipinski definition) is 3. The third-order valence-electron chi connectivity index (χ3n) is 0.863. The van der Waals surface area contributed by atoms with Crippen LogP contribution in [-0.4, -0.2) is 14.8 Å². The molecule has 5 nitrogen and oxygen atoms in total. The zero-order valence-electron chi connectivity index (χ0n) is 4.56. The summed E-state index contributed by atoms with van der Waals surface area (Å²) in [4.78, 5) is 3.63. The molecule has 4 N–H and O–H groups in total. The van der Waals surface area contributed by atoms with Gasteiger partial charge in [0.25, 0.3) is 0 Å². The Bertz CT molecular complexity index is 247. The van der Waals surface area contributed by atoms with Crippen molar-refractivity contribution in [3.8, 4) is 0 Å². The normalized spacial score (nSPS) is 9.89. The van der Waals surface area contributed by atoms with E-state index in [2.05, 4.69) is 32.7 Å². The molecule has 0 radical (unpaired) electrons. The van der Waals surface area contributed by atoms with E-state index >= 15 is 0 Å². The Kier molecular flexibility index (Phi) is 1.74. The maximum atomic E-state index is 6.99. The summed E-state index contributed by atoms with van der Waals surface area (Å²) >= 11 is 2.12. The lowest BCUT2D eigenvalue weighted by atomic mass is 11.0. The molecule has 6 heteroatoms. The second kappa shape index (κ2) is 2.38. The molecule has 1 aromatic rings. The molecule has 0 aliphatic rings. The molecule has 50 valence electrons. The number of aromatic amines is 1. The van der Waals surface area contributed by atoms with Crippen LogP contribution < -0.4 is 11.4 Å². The van der Waals surface area contributed by atoms with Gasteiger partial charge in [-0.05, 0) is 0 Å². The molecule has 0 spiro atoms. The van der Waals surface area contributed by atoms with Crippen LogP contribution in [0.4, 0.5) is 5.95 Å². The Morgan fingerprint density at radius 1 is 1.89 bits per heavy atom. The molecule has 0 saturated carbocycles. The molecule has 0 amide bonds. The monoisotopic (exact) mass is 239 g/mol. The summed E-state index contributed by atoms with van der Waals surface area (Å²) in [6.07, 6.45) is 0. The van der Waals surface area contributed by atoms with Crippen molar-refractivity contribution in [1.29, 1.82) is 5.41 Å². The van der Waals surface area contributed by atoms with Crippen molar-refractivity contribution in [2.75, 3.05) is 5.73 Å². The van der Waals surface area contributed by atoms with Crippen molar-refractivity contribution in [2.24, 2.45) is 0 Å². The molecule has 0 bridgehead atoms. The number of halogens is 1. The zero-order chi connectivity index (χ0) is 6.85. The summed E-state index contributed by atoms with van der Waals surface area (Å²) in [5.74, 6) is 0.356. The highest BCUT2D eigenvalue weighted by Crippen LogP contribution is 1.94. The fraction of sp³-hybridized carbons (Fsp3) is 0.333. The van der Waals surface area contributed by atoms with E-state index in [1.807, 2.05) is 0 Å². The van der Waals surface area contributed by atoms with Gasteiger partial charge in [-0.25, -0.2) is 4.68 Å². The molecule has 0 unspecified atom stereocenters. The highest BCUT2D eigenvalue weighted by atomic mass is 127. The minimum Gasteiger partial charge on any atom is -0.368 e. The van der Waals surface area contributed by atoms with Gasteiger partial charge in [-0.3, -0.25) is 10.5 Å². The predicted octanol–water partition coefficient (Wildman–Crippen LogP) is -0.335. The van der Waals surface area contributed by atoms with Crippen LogP contribution >= 0.6 is 22.6 Å². The molecule has 1 heterocycles. The molecule has 0 saturated heterocycles. The van der Waals surface area contributed by atoms with Crippen molar-refractivity contribution in [2.45, 2.75) is 4.55 Å². The van der Waals surface area contributed by atoms with E-state index in [1.54, 1.807) is 4.68 Å². The lowest BCUT2D eigenvalue weighted by Crippen LogP contribution is -2.04. The Hall–Kier alpha value is -0.530. The quantitative estimate of drug-likeness (QED) is 0.463. The van der Waals surface area contributed by atoms with Crippen molar-refractivity contribution < 1.29 is 0 Å². The van der Waals surface area contributed by atoms with Crippen LogP contribution in [0.1, 0.15) is 0 Å². The number of anilines is 1. The van der Waals surface area contributed by atoms with Crippen molar-refractivity contribution >= 4 is 28.5 Å². The van der Waals surface area contributed by atoms with Crippen molar-refractivity contribution in [3.05, 3.63) is 5.62 Å². The molecule has 1 rings (SSSR count). The molecule has 0 aliphatic heterocycles. The molecule has 1 aromatic heterocycles. The minimum atomic E-state index is 0.101. The van der Waals surface area contributed by atoms with Gasteiger partial charge >= 0.3 is 0 Å². The molecular formula is C3H6IN5. The van der Waals surface area contributed by atoms with E-state index in [-0.39, 0.29) is 5.62 Å². The van der Waals surface area contributed by atoms with Crippen LogP contribution in [0.2, 0.25) is 0 Å². The fourth-order valence-corrected chi connectivity index (χ4v) is 0.996. The zero-order valence-corrected chi connectivity index (χ0v) is 6.71. The van der Waals surface area contributed by atoms with Gasteiger partial charge in [0.05, 0.1) is 4.55 Å². The maximum Gasteiger partial charge on any atom is 0.237 e. The van der Waals surface area contributed by atoms with Crippen LogP contribution in [0.3, 0.4) is 0 Å². The van der Waals surface area contributed by atoms with Crippen LogP contribution in [0, 0.1) is 5.41 Å². The standard InChI is InChI=1S/C3H6IN5/c4-1-9-3(6)7-2(5)8-9/h1H2,(H4,5,6,7,8). The van der Waals surface area contributed by atoms with E-state index in [9.17, 15) is 0 Å². The Morgan fingerprint density at radius 3 is 2.78 bits per heavy atom. The average molecular weight is 239 g/mol. The third-order valence-corrected chi connectivity index (χ3v) is 1.55. The molecule has 9 heavy (non-hydrogen) atoms. The van der Waals surface area contributed by atoms with E-state index in [0.29, 0.717) is 10.5 Å². The second-order valence-electron chi connectivity index (χ2n) is 1.48. The lowest BCUT2D eigenvalue weighted by molar-refractivity contribution is 0.754. The van der Waals surface area contributed by atoms with Crippen LogP contribution in [0.5, 0.6) is 0 Å². The number of nitrogens with two attached hydrogens (primary N) is 1. The fourth-order valence-electron chi connectivity index (χ4n) is 0.476. The van der Waals surface area contributed by atoms with Gasteiger partial charge in [0.15, 0.2) is 0 Å². The molecule has 0 aromatic carbocycles. The summed E-state index contributed by atoms with van der Waals surface area (Å²) in [5, 5.41) is 9.62. The highest BCUT2D eigenvalue weighted by molar-refractivity contribution is 14.1. The number of nitrogens with zero attached hydrogens (tertiary/aromatic N) is 2. The average Bonchev–Trinajstić information content (AvgIpc) is 2.10. The maximum absolute atomic E-state index is 6.99. The number of nitrogens with one attached hydrogen (secondary N) is 2. The summed E-state index contributed by atoms with van der Waals surface area (Å²) in [6.45, 7) is 0. The summed E-state index contributed by atoms with van der Waals surface area (Å²) < 4.78 is 2.28. The van der Waals surface area contributed by atoms with Crippen LogP contribution in [0.25, 0.3) is 0 Å². The number of H-pyrrole nitrogens is 1. The van der Waals surface area contributed by atoms with Gasteiger partial charge in [0, 0.05) is 0 Å². The van der Waals surface area contributed by atoms with Gasteiger partial charge in [-0.2, -0.15) is 4.98 Å². The molecule has 0 fully saturated rings. The minimum absolute atomic E-state index is 0.101. The number of aromatic nitrogens is 3. The van der Waals surface area contributed by atoms with E-state index in [4.69, 9.17) is 11.1 Å². The number of rotatable bonds is 1. The Labute approximate surface area is 64.9 Å². The van der Waals surface area contributed by atoms with Crippen molar-refractivity contribution in [1.82, 2.24) is 14.8 Å². The highest BCUT2D eigenvalue weighted by Gasteiger charge is 1.94.